The molecule has 2 amide bonds. The van der Waals surface area contributed by atoms with Crippen molar-refractivity contribution in [3.8, 4) is 0 Å². The molecular weight excluding hydrogens is 460 g/mol. The first-order valence-electron chi connectivity index (χ1n) is 5.77. The summed E-state index contributed by atoms with van der Waals surface area (Å²) >= 11 is 10.0. The minimum absolute atomic E-state index is 0.105. The van der Waals surface area contributed by atoms with Crippen LogP contribution in [0.15, 0.2) is 25.6 Å². The van der Waals surface area contributed by atoms with Gasteiger partial charge >= 0.3 is 12.0 Å². The second-order valence-electron chi connectivity index (χ2n) is 4.05. The Morgan fingerprint density at radius 2 is 1.80 bits per heavy atom. The number of carbonyl (C=O) groups excluding carboxylic acids is 1. The molecule has 1 unspecified atom stereocenters. The summed E-state index contributed by atoms with van der Waals surface area (Å²) in [7, 11) is 0. The minimum Gasteiger partial charge on any atom is -0.481 e. The third-order valence-corrected chi connectivity index (χ3v) is 4.20. The lowest BCUT2D eigenvalue weighted by atomic mass is 10.1. The Balaban J connectivity index is 2.73. The molecule has 1 rings (SSSR count). The van der Waals surface area contributed by atoms with Crippen LogP contribution in [0.4, 0.5) is 10.5 Å². The van der Waals surface area contributed by atoms with E-state index in [1.54, 1.807) is 12.1 Å². The van der Waals surface area contributed by atoms with Crippen LogP contribution in [0.25, 0.3) is 0 Å². The molecule has 0 bridgehead atoms. The van der Waals surface area contributed by atoms with Gasteiger partial charge in [0.15, 0.2) is 0 Å². The highest BCUT2D eigenvalue weighted by atomic mass is 79.9. The lowest BCUT2D eigenvalue weighted by Gasteiger charge is -2.16. The average Bonchev–Trinajstić information content (AvgIpc) is 2.32. The van der Waals surface area contributed by atoms with Gasteiger partial charge in [0.25, 0.3) is 0 Å². The number of carboxylic acid groups (broad SMARTS) is 1. The number of halogens is 3. The number of aliphatic carboxylic acids is 1. The molecule has 1 aromatic carbocycles. The van der Waals surface area contributed by atoms with Gasteiger partial charge < -0.3 is 15.7 Å². The van der Waals surface area contributed by atoms with Crippen molar-refractivity contribution in [2.24, 2.45) is 0 Å². The molecule has 0 saturated heterocycles. The van der Waals surface area contributed by atoms with Crippen LogP contribution < -0.4 is 10.6 Å². The van der Waals surface area contributed by atoms with Crippen molar-refractivity contribution < 1.29 is 14.7 Å². The number of hydrogen-bond donors (Lipinski definition) is 3. The summed E-state index contributed by atoms with van der Waals surface area (Å²) in [5.41, 5.74) is 0.580. The predicted molar refractivity (Wildman–Crippen MR) is 88.0 cm³/mol. The first-order valence-corrected chi connectivity index (χ1v) is 8.15. The highest BCUT2D eigenvalue weighted by Crippen LogP contribution is 2.34. The fourth-order valence-corrected chi connectivity index (χ4v) is 3.96. The van der Waals surface area contributed by atoms with Crippen molar-refractivity contribution in [2.45, 2.75) is 25.8 Å². The van der Waals surface area contributed by atoms with E-state index in [9.17, 15) is 9.59 Å². The third kappa shape index (κ3) is 5.41. The standard InChI is InChI=1S/C12H13Br3N2O3/c1-2-7(5-10(18)19)16-12(20)17-11-8(14)3-6(13)4-9(11)15/h3-4,7H,2,5H2,1H3,(H,18,19)(H2,16,17,20). The van der Waals surface area contributed by atoms with E-state index in [1.807, 2.05) is 6.92 Å². The van der Waals surface area contributed by atoms with E-state index >= 15 is 0 Å². The molecule has 0 radical (unpaired) electrons. The van der Waals surface area contributed by atoms with E-state index < -0.39 is 18.0 Å². The van der Waals surface area contributed by atoms with Gasteiger partial charge in [-0.3, -0.25) is 4.79 Å². The quantitative estimate of drug-likeness (QED) is 0.596. The topological polar surface area (TPSA) is 78.4 Å². The number of hydrogen-bond acceptors (Lipinski definition) is 2. The Morgan fingerprint density at radius 1 is 1.25 bits per heavy atom. The maximum Gasteiger partial charge on any atom is 0.319 e. The van der Waals surface area contributed by atoms with Crippen LogP contribution in [-0.4, -0.2) is 23.1 Å². The van der Waals surface area contributed by atoms with E-state index in [0.717, 1.165) is 4.47 Å². The fraction of sp³-hybridized carbons (Fsp3) is 0.333. The van der Waals surface area contributed by atoms with Gasteiger partial charge in [0.05, 0.1) is 12.1 Å². The molecule has 5 nitrogen and oxygen atoms in total. The van der Waals surface area contributed by atoms with Crippen LogP contribution in [0.3, 0.4) is 0 Å². The Labute approximate surface area is 141 Å². The monoisotopic (exact) mass is 470 g/mol. The zero-order chi connectivity index (χ0) is 15.3. The summed E-state index contributed by atoms with van der Waals surface area (Å²) < 4.78 is 2.28. The van der Waals surface area contributed by atoms with Gasteiger partial charge in [-0.05, 0) is 50.4 Å². The number of rotatable bonds is 5. The Hall–Kier alpha value is -0.600. The summed E-state index contributed by atoms with van der Waals surface area (Å²) in [4.78, 5) is 22.5. The molecule has 0 spiro atoms. The molecule has 0 aliphatic rings. The number of amides is 2. The Kier molecular flexibility index (Phi) is 6.97. The second kappa shape index (κ2) is 7.99. The smallest absolute Gasteiger partial charge is 0.319 e. The minimum atomic E-state index is -0.942. The van der Waals surface area contributed by atoms with Crippen molar-refractivity contribution >= 4 is 65.5 Å². The highest BCUT2D eigenvalue weighted by molar-refractivity contribution is 9.11. The van der Waals surface area contributed by atoms with Gasteiger partial charge in [0.2, 0.25) is 0 Å². The molecule has 3 N–H and O–H groups in total. The third-order valence-electron chi connectivity index (χ3n) is 2.49. The summed E-state index contributed by atoms with van der Waals surface area (Å²) in [6.07, 6.45) is 0.439. The number of benzene rings is 1. The normalized spacial score (nSPS) is 11.8. The van der Waals surface area contributed by atoms with Crippen LogP contribution in [-0.2, 0) is 4.79 Å². The molecule has 20 heavy (non-hydrogen) atoms. The molecule has 0 aromatic heterocycles. The maximum atomic E-state index is 11.9. The molecule has 110 valence electrons. The summed E-state index contributed by atoms with van der Waals surface area (Å²) in [5.74, 6) is -0.942. The average molecular weight is 473 g/mol. The van der Waals surface area contributed by atoms with E-state index in [0.29, 0.717) is 21.1 Å². The van der Waals surface area contributed by atoms with E-state index in [1.165, 1.54) is 0 Å². The zero-order valence-electron chi connectivity index (χ0n) is 10.5. The Morgan fingerprint density at radius 3 is 2.25 bits per heavy atom. The SMILES string of the molecule is CCC(CC(=O)O)NC(=O)Nc1c(Br)cc(Br)cc1Br. The zero-order valence-corrected chi connectivity index (χ0v) is 15.3. The van der Waals surface area contributed by atoms with Crippen molar-refractivity contribution in [2.75, 3.05) is 5.32 Å². The van der Waals surface area contributed by atoms with Crippen LogP contribution in [0.5, 0.6) is 0 Å². The number of carbonyl (C=O) groups is 2. The molecule has 0 aliphatic heterocycles. The molecule has 0 saturated carbocycles. The van der Waals surface area contributed by atoms with Crippen LogP contribution in [0.2, 0.25) is 0 Å². The van der Waals surface area contributed by atoms with E-state index in [4.69, 9.17) is 5.11 Å². The number of nitrogens with one attached hydrogen (secondary N) is 2. The van der Waals surface area contributed by atoms with Gasteiger partial charge in [-0.15, -0.1) is 0 Å². The summed E-state index contributed by atoms with van der Waals surface area (Å²) in [6, 6.07) is 2.76. The predicted octanol–water partition coefficient (Wildman–Crippen LogP) is 4.35. The van der Waals surface area contributed by atoms with Gasteiger partial charge in [-0.1, -0.05) is 22.9 Å². The number of anilines is 1. The molecule has 1 atom stereocenters. The molecule has 0 heterocycles. The molecule has 8 heteroatoms. The van der Waals surface area contributed by atoms with Gasteiger partial charge in [-0.2, -0.15) is 0 Å². The molecule has 0 aliphatic carbocycles. The van der Waals surface area contributed by atoms with Crippen molar-refractivity contribution in [1.82, 2.24) is 5.32 Å². The van der Waals surface area contributed by atoms with Crippen molar-refractivity contribution in [1.29, 1.82) is 0 Å². The lowest BCUT2D eigenvalue weighted by Crippen LogP contribution is -2.39. The largest absolute Gasteiger partial charge is 0.481 e. The van der Waals surface area contributed by atoms with Gasteiger partial charge in [-0.25, -0.2) is 4.79 Å². The van der Waals surface area contributed by atoms with Crippen LogP contribution in [0, 0.1) is 0 Å². The van der Waals surface area contributed by atoms with E-state index in [-0.39, 0.29) is 6.42 Å². The molecule has 1 aromatic rings. The highest BCUT2D eigenvalue weighted by Gasteiger charge is 2.16. The second-order valence-corrected chi connectivity index (χ2v) is 6.67. The molecular formula is C12H13Br3N2O3. The Bertz CT molecular complexity index is 500. The maximum absolute atomic E-state index is 11.9. The summed E-state index contributed by atoms with van der Waals surface area (Å²) in [6.45, 7) is 1.82. The van der Waals surface area contributed by atoms with Crippen molar-refractivity contribution in [3.05, 3.63) is 25.6 Å². The van der Waals surface area contributed by atoms with Crippen LogP contribution >= 0.6 is 47.8 Å². The van der Waals surface area contributed by atoms with Crippen molar-refractivity contribution in [3.63, 3.8) is 0 Å². The molecule has 0 fully saturated rings. The fourth-order valence-electron chi connectivity index (χ4n) is 1.50. The number of carboxylic acids is 1. The van der Waals surface area contributed by atoms with Crippen LogP contribution in [0.1, 0.15) is 19.8 Å². The first-order chi connectivity index (χ1) is 9.33. The van der Waals surface area contributed by atoms with E-state index in [2.05, 4.69) is 58.4 Å². The number of urea groups is 1. The first kappa shape index (κ1) is 17.5. The summed E-state index contributed by atoms with van der Waals surface area (Å²) in [5, 5.41) is 14.1. The van der Waals surface area contributed by atoms with Gasteiger partial charge in [0.1, 0.15) is 0 Å². The van der Waals surface area contributed by atoms with Gasteiger partial charge in [0, 0.05) is 19.5 Å². The lowest BCUT2D eigenvalue weighted by molar-refractivity contribution is -0.137.